The molecule has 2 aromatic rings. The molecule has 0 fully saturated rings. The molecule has 0 aliphatic carbocycles. The summed E-state index contributed by atoms with van der Waals surface area (Å²) in [6.45, 7) is 0. The number of aromatic carboxylic acids is 1. The second-order valence-electron chi connectivity index (χ2n) is 4.48. The number of hydrogen-bond acceptors (Lipinski definition) is 5. The van der Waals surface area contributed by atoms with Gasteiger partial charge >= 0.3 is 5.97 Å². The average Bonchev–Trinajstić information content (AvgIpc) is 2.46. The molecule has 0 radical (unpaired) electrons. The molecule has 0 atom stereocenters. The van der Waals surface area contributed by atoms with Crippen LogP contribution in [0.1, 0.15) is 10.4 Å². The first-order valence-corrected chi connectivity index (χ1v) is 9.12. The van der Waals surface area contributed by atoms with Crippen LogP contribution in [-0.2, 0) is 20.0 Å². The molecule has 23 heavy (non-hydrogen) atoms. The lowest BCUT2D eigenvalue weighted by Crippen LogP contribution is -2.17. The first kappa shape index (κ1) is 16.9. The van der Waals surface area contributed by atoms with Crippen molar-refractivity contribution in [3.8, 4) is 0 Å². The summed E-state index contributed by atoms with van der Waals surface area (Å²) in [7, 11) is -8.04. The van der Waals surface area contributed by atoms with Gasteiger partial charge in [0.2, 0.25) is 10.0 Å². The van der Waals surface area contributed by atoms with E-state index in [1.165, 1.54) is 30.3 Å². The van der Waals surface area contributed by atoms with Crippen LogP contribution in [0.15, 0.2) is 58.3 Å². The van der Waals surface area contributed by atoms with E-state index < -0.39 is 30.9 Å². The molecule has 0 spiro atoms. The molecular formula is C13H12N2O6S2. The normalized spacial score (nSPS) is 11.9. The highest BCUT2D eigenvalue weighted by atomic mass is 32.2. The lowest BCUT2D eigenvalue weighted by Gasteiger charge is -2.10. The van der Waals surface area contributed by atoms with Crippen LogP contribution in [0.25, 0.3) is 0 Å². The summed E-state index contributed by atoms with van der Waals surface area (Å²) in [5.74, 6) is -1.38. The van der Waals surface area contributed by atoms with Gasteiger partial charge in [-0.3, -0.25) is 4.72 Å². The van der Waals surface area contributed by atoms with Crippen LogP contribution >= 0.6 is 0 Å². The zero-order chi connectivity index (χ0) is 17.3. The van der Waals surface area contributed by atoms with Gasteiger partial charge in [-0.1, -0.05) is 12.1 Å². The van der Waals surface area contributed by atoms with Gasteiger partial charge in [0, 0.05) is 5.69 Å². The number of nitrogens with one attached hydrogen (secondary N) is 1. The zero-order valence-electron chi connectivity index (χ0n) is 11.5. The minimum Gasteiger partial charge on any atom is -0.478 e. The van der Waals surface area contributed by atoms with Gasteiger partial charge in [0.1, 0.15) is 4.90 Å². The summed E-state index contributed by atoms with van der Waals surface area (Å²) in [5.41, 5.74) is -0.307. The molecule has 122 valence electrons. The Bertz CT molecular complexity index is 950. The molecule has 0 unspecified atom stereocenters. The Balaban J connectivity index is 2.38. The van der Waals surface area contributed by atoms with Gasteiger partial charge in [0.15, 0.2) is 0 Å². The Kier molecular flexibility index (Phi) is 4.41. The molecule has 0 bridgehead atoms. The van der Waals surface area contributed by atoms with E-state index in [1.54, 1.807) is 0 Å². The van der Waals surface area contributed by atoms with Crippen LogP contribution in [0.4, 0.5) is 5.69 Å². The van der Waals surface area contributed by atoms with Gasteiger partial charge in [-0.2, -0.15) is 0 Å². The highest BCUT2D eigenvalue weighted by molar-refractivity contribution is 7.92. The zero-order valence-corrected chi connectivity index (χ0v) is 13.1. The molecule has 0 aliphatic rings. The molecule has 2 rings (SSSR count). The molecule has 0 amide bonds. The molecule has 0 saturated heterocycles. The Hall–Kier alpha value is -2.43. The van der Waals surface area contributed by atoms with Crippen molar-refractivity contribution in [1.29, 1.82) is 0 Å². The summed E-state index contributed by atoms with van der Waals surface area (Å²) < 4.78 is 49.1. The maximum absolute atomic E-state index is 12.3. The van der Waals surface area contributed by atoms with E-state index in [0.717, 1.165) is 18.2 Å². The number of carboxylic acid groups (broad SMARTS) is 1. The topological polar surface area (TPSA) is 144 Å². The van der Waals surface area contributed by atoms with Crippen molar-refractivity contribution in [2.24, 2.45) is 5.14 Å². The molecular weight excluding hydrogens is 344 g/mol. The summed E-state index contributed by atoms with van der Waals surface area (Å²) in [6, 6.07) is 9.81. The lowest BCUT2D eigenvalue weighted by molar-refractivity contribution is 0.0692. The molecule has 0 aromatic heterocycles. The van der Waals surface area contributed by atoms with Gasteiger partial charge < -0.3 is 5.11 Å². The number of anilines is 1. The third-order valence-corrected chi connectivity index (χ3v) is 5.21. The molecule has 4 N–H and O–H groups in total. The first-order valence-electron chi connectivity index (χ1n) is 6.09. The van der Waals surface area contributed by atoms with E-state index in [2.05, 4.69) is 4.72 Å². The quantitative estimate of drug-likeness (QED) is 0.724. The molecule has 0 saturated carbocycles. The SMILES string of the molecule is NS(=O)(=O)c1ccc(NS(=O)(=O)c2ccccc2C(=O)O)cc1. The molecule has 0 heterocycles. The fourth-order valence-corrected chi connectivity index (χ4v) is 3.57. The number of carboxylic acids is 1. The van der Waals surface area contributed by atoms with E-state index in [0.29, 0.717) is 0 Å². The number of nitrogens with two attached hydrogens (primary N) is 1. The fraction of sp³-hybridized carbons (Fsp3) is 0. The van der Waals surface area contributed by atoms with E-state index in [-0.39, 0.29) is 16.1 Å². The Morgan fingerprint density at radius 1 is 0.957 bits per heavy atom. The van der Waals surface area contributed by atoms with Crippen LogP contribution in [0.3, 0.4) is 0 Å². The van der Waals surface area contributed by atoms with Crippen LogP contribution < -0.4 is 9.86 Å². The molecule has 2 aromatic carbocycles. The van der Waals surface area contributed by atoms with Crippen molar-refractivity contribution < 1.29 is 26.7 Å². The van der Waals surface area contributed by atoms with Crippen LogP contribution in [-0.4, -0.2) is 27.9 Å². The van der Waals surface area contributed by atoms with Crippen molar-refractivity contribution in [2.45, 2.75) is 9.79 Å². The highest BCUT2D eigenvalue weighted by Gasteiger charge is 2.22. The van der Waals surface area contributed by atoms with E-state index in [9.17, 15) is 21.6 Å². The fourth-order valence-electron chi connectivity index (χ4n) is 1.80. The Morgan fingerprint density at radius 3 is 2.04 bits per heavy atom. The van der Waals surface area contributed by atoms with E-state index >= 15 is 0 Å². The van der Waals surface area contributed by atoms with Gasteiger partial charge in [-0.15, -0.1) is 0 Å². The highest BCUT2D eigenvalue weighted by Crippen LogP contribution is 2.20. The number of carbonyl (C=O) groups is 1. The summed E-state index contributed by atoms with van der Waals surface area (Å²) in [5, 5.41) is 14.0. The second-order valence-corrected chi connectivity index (χ2v) is 7.69. The number of primary sulfonamides is 1. The maximum Gasteiger partial charge on any atom is 0.337 e. The molecule has 8 nitrogen and oxygen atoms in total. The predicted octanol–water partition coefficient (Wildman–Crippen LogP) is 0.833. The first-order chi connectivity index (χ1) is 10.6. The van der Waals surface area contributed by atoms with Gasteiger partial charge in [-0.05, 0) is 36.4 Å². The van der Waals surface area contributed by atoms with Crippen molar-refractivity contribution >= 4 is 31.7 Å². The minimum absolute atomic E-state index is 0.0672. The van der Waals surface area contributed by atoms with Crippen molar-refractivity contribution in [2.75, 3.05) is 4.72 Å². The third-order valence-electron chi connectivity index (χ3n) is 2.84. The second kappa shape index (κ2) is 5.99. The lowest BCUT2D eigenvalue weighted by atomic mass is 10.2. The summed E-state index contributed by atoms with van der Waals surface area (Å²) >= 11 is 0. The van der Waals surface area contributed by atoms with Crippen LogP contribution in [0.2, 0.25) is 0 Å². The van der Waals surface area contributed by atoms with Gasteiger partial charge in [0.25, 0.3) is 10.0 Å². The maximum atomic E-state index is 12.3. The standard InChI is InChI=1S/C13H12N2O6S2/c14-22(18,19)10-7-5-9(6-8-10)15-23(20,21)12-4-2-1-3-11(12)13(16)17/h1-8,15H,(H,16,17)(H2,14,18,19). The third kappa shape index (κ3) is 3.86. The van der Waals surface area contributed by atoms with Gasteiger partial charge in [-0.25, -0.2) is 26.8 Å². The smallest absolute Gasteiger partial charge is 0.337 e. The van der Waals surface area contributed by atoms with Crippen molar-refractivity contribution in [3.05, 3.63) is 54.1 Å². The predicted molar refractivity (Wildman–Crippen MR) is 82.0 cm³/mol. The molecule has 0 aliphatic heterocycles. The van der Waals surface area contributed by atoms with Gasteiger partial charge in [0.05, 0.1) is 10.5 Å². The average molecular weight is 356 g/mol. The number of benzene rings is 2. The van der Waals surface area contributed by atoms with Crippen molar-refractivity contribution in [1.82, 2.24) is 0 Å². The van der Waals surface area contributed by atoms with Crippen LogP contribution in [0.5, 0.6) is 0 Å². The van der Waals surface area contributed by atoms with E-state index in [4.69, 9.17) is 10.2 Å². The Morgan fingerprint density at radius 2 is 1.52 bits per heavy atom. The summed E-state index contributed by atoms with van der Waals surface area (Å²) in [4.78, 5) is 10.5. The molecule has 10 heteroatoms. The number of sulfonamides is 2. The van der Waals surface area contributed by atoms with Crippen molar-refractivity contribution in [3.63, 3.8) is 0 Å². The largest absolute Gasteiger partial charge is 0.478 e. The van der Waals surface area contributed by atoms with Crippen LogP contribution in [0, 0.1) is 0 Å². The number of hydrogen-bond donors (Lipinski definition) is 3. The number of rotatable bonds is 5. The summed E-state index contributed by atoms with van der Waals surface area (Å²) in [6.07, 6.45) is 0. The Labute approximate surface area is 132 Å². The monoisotopic (exact) mass is 356 g/mol. The van der Waals surface area contributed by atoms with E-state index in [1.807, 2.05) is 0 Å². The minimum atomic E-state index is -4.15.